The lowest BCUT2D eigenvalue weighted by molar-refractivity contribution is 0.483. The van der Waals surface area contributed by atoms with Crippen LogP contribution in [-0.4, -0.2) is 21.2 Å². The molecule has 6 nitrogen and oxygen atoms in total. The highest BCUT2D eigenvalue weighted by Crippen LogP contribution is 2.49. The maximum Gasteiger partial charge on any atom is 0.158 e. The summed E-state index contributed by atoms with van der Waals surface area (Å²) in [5, 5.41) is 2.35. The first-order valence-electron chi connectivity index (χ1n) is 22.6. The van der Waals surface area contributed by atoms with Gasteiger partial charge in [0.1, 0.15) is 24.0 Å². The van der Waals surface area contributed by atoms with Crippen LogP contribution >= 0.6 is 0 Å². The monoisotopic (exact) mass is 831 g/mol. The minimum absolute atomic E-state index is 0.00544. The molecule has 0 amide bonds. The standard InChI is InChI=1S/C57H61N5O/c1-35(2)47-29-39(53-37(5)27-41(28-38(53)6)57(10,11)12)30-48(36(3)4)54(47)61-34-60(50-21-16-25-59-55(50)61)42-17-15-18-43(32-42)63-44-22-23-46-45-19-13-14-20-49(45)62(51(46)33-44)52-31-40(24-26-58-52)56(7,8)9/h13-33,35-36H,34H2,1-12H3. The van der Waals surface area contributed by atoms with Crippen molar-refractivity contribution in [2.75, 3.05) is 16.5 Å². The summed E-state index contributed by atoms with van der Waals surface area (Å²) in [6.07, 6.45) is 3.84. The van der Waals surface area contributed by atoms with E-state index in [1.165, 1.54) is 55.6 Å². The maximum absolute atomic E-state index is 6.76. The summed E-state index contributed by atoms with van der Waals surface area (Å²) in [4.78, 5) is 14.8. The Kier molecular flexibility index (Phi) is 10.5. The van der Waals surface area contributed by atoms with Crippen LogP contribution < -0.4 is 14.5 Å². The summed E-state index contributed by atoms with van der Waals surface area (Å²) in [6.45, 7) is 28.1. The third-order valence-corrected chi connectivity index (χ3v) is 12.8. The SMILES string of the molecule is Cc1cc(C(C)(C)C)cc(C)c1-c1cc(C(C)C)c(N2CN(c3cccc(Oc4ccc5c6ccccc6n(-c6cc(C(C)(C)C)ccn6)c5c4)c3)c3cccnc32)c(C(C)C)c1. The van der Waals surface area contributed by atoms with Crippen LogP contribution in [0.4, 0.5) is 22.9 Å². The summed E-state index contributed by atoms with van der Waals surface area (Å²) in [6, 6.07) is 41.6. The number of rotatable bonds is 8. The number of fused-ring (bicyclic) bond motifs is 4. The van der Waals surface area contributed by atoms with Gasteiger partial charge in [-0.05, 0) is 148 Å². The molecule has 0 aliphatic carbocycles. The van der Waals surface area contributed by atoms with Crippen LogP contribution in [0.15, 0.2) is 128 Å². The van der Waals surface area contributed by atoms with Crippen molar-refractivity contribution in [3.8, 4) is 28.4 Å². The van der Waals surface area contributed by atoms with Gasteiger partial charge >= 0.3 is 0 Å². The quantitative estimate of drug-likeness (QED) is 0.153. The molecule has 0 radical (unpaired) electrons. The Morgan fingerprint density at radius 1 is 0.571 bits per heavy atom. The molecule has 1 aliphatic heterocycles. The van der Waals surface area contributed by atoms with Gasteiger partial charge in [0.15, 0.2) is 5.82 Å². The lowest BCUT2D eigenvalue weighted by Crippen LogP contribution is -2.26. The molecule has 0 N–H and O–H groups in total. The first kappa shape index (κ1) is 41.9. The molecule has 63 heavy (non-hydrogen) atoms. The van der Waals surface area contributed by atoms with Crippen molar-refractivity contribution in [2.24, 2.45) is 0 Å². The van der Waals surface area contributed by atoms with Crippen molar-refractivity contribution in [1.82, 2.24) is 14.5 Å². The Balaban J connectivity index is 1.09. The number of benzene rings is 5. The topological polar surface area (TPSA) is 46.4 Å². The Labute approximate surface area is 374 Å². The molecule has 0 spiro atoms. The Bertz CT molecular complexity index is 2980. The molecule has 0 atom stereocenters. The maximum atomic E-state index is 6.76. The van der Waals surface area contributed by atoms with Crippen LogP contribution in [0.5, 0.6) is 11.5 Å². The minimum atomic E-state index is -0.00544. The molecule has 1 aliphatic rings. The van der Waals surface area contributed by atoms with Crippen molar-refractivity contribution in [2.45, 2.75) is 106 Å². The fourth-order valence-corrected chi connectivity index (χ4v) is 9.48. The molecule has 4 heterocycles. The fourth-order valence-electron chi connectivity index (χ4n) is 9.48. The number of hydrogen-bond acceptors (Lipinski definition) is 5. The molecule has 0 saturated heterocycles. The van der Waals surface area contributed by atoms with E-state index >= 15 is 0 Å². The third kappa shape index (κ3) is 7.64. The third-order valence-electron chi connectivity index (χ3n) is 12.8. The summed E-state index contributed by atoms with van der Waals surface area (Å²) in [7, 11) is 0. The molecule has 0 saturated carbocycles. The predicted molar refractivity (Wildman–Crippen MR) is 265 cm³/mol. The van der Waals surface area contributed by atoms with E-state index in [-0.39, 0.29) is 10.8 Å². The summed E-state index contributed by atoms with van der Waals surface area (Å²) in [5.74, 6) is 3.98. The van der Waals surface area contributed by atoms with Gasteiger partial charge in [-0.25, -0.2) is 9.97 Å². The van der Waals surface area contributed by atoms with Crippen LogP contribution in [0.2, 0.25) is 0 Å². The molecule has 0 bridgehead atoms. The van der Waals surface area contributed by atoms with E-state index < -0.39 is 0 Å². The zero-order valence-corrected chi connectivity index (χ0v) is 39.1. The van der Waals surface area contributed by atoms with Gasteiger partial charge in [0, 0.05) is 41.0 Å². The van der Waals surface area contributed by atoms with Gasteiger partial charge in [-0.15, -0.1) is 0 Å². The molecule has 5 aromatic carbocycles. The lowest BCUT2D eigenvalue weighted by atomic mass is 9.81. The number of anilines is 4. The van der Waals surface area contributed by atoms with Gasteiger partial charge in [-0.1, -0.05) is 106 Å². The number of ether oxygens (including phenoxy) is 1. The van der Waals surface area contributed by atoms with E-state index in [0.29, 0.717) is 18.5 Å². The number of aryl methyl sites for hydroxylation is 2. The van der Waals surface area contributed by atoms with E-state index in [1.54, 1.807) is 0 Å². The number of nitrogens with zero attached hydrogens (tertiary/aromatic N) is 5. The second-order valence-electron chi connectivity index (χ2n) is 20.2. The van der Waals surface area contributed by atoms with Crippen molar-refractivity contribution >= 4 is 44.7 Å². The molecule has 3 aromatic heterocycles. The van der Waals surface area contributed by atoms with Gasteiger partial charge < -0.3 is 14.5 Å². The number of para-hydroxylation sites is 1. The zero-order valence-electron chi connectivity index (χ0n) is 39.1. The van der Waals surface area contributed by atoms with Gasteiger partial charge in [0.05, 0.1) is 22.4 Å². The normalized spacial score (nSPS) is 13.2. The first-order valence-corrected chi connectivity index (χ1v) is 22.6. The number of hydrogen-bond donors (Lipinski definition) is 0. The predicted octanol–water partition coefficient (Wildman–Crippen LogP) is 15.7. The van der Waals surface area contributed by atoms with Crippen LogP contribution in [0.25, 0.3) is 38.8 Å². The molecule has 0 unspecified atom stereocenters. The van der Waals surface area contributed by atoms with Crippen molar-refractivity contribution < 1.29 is 4.74 Å². The van der Waals surface area contributed by atoms with Gasteiger partial charge in [0.25, 0.3) is 0 Å². The second-order valence-corrected chi connectivity index (χ2v) is 20.2. The van der Waals surface area contributed by atoms with Crippen LogP contribution in [-0.2, 0) is 10.8 Å². The second kappa shape index (κ2) is 15.7. The number of aromatic nitrogens is 3. The largest absolute Gasteiger partial charge is 0.457 e. The van der Waals surface area contributed by atoms with Gasteiger partial charge in [-0.2, -0.15) is 0 Å². The molecular formula is C57H61N5O. The van der Waals surface area contributed by atoms with E-state index in [2.05, 4.69) is 201 Å². The van der Waals surface area contributed by atoms with Crippen LogP contribution in [0.3, 0.4) is 0 Å². The highest BCUT2D eigenvalue weighted by Gasteiger charge is 2.34. The molecular weight excluding hydrogens is 771 g/mol. The summed E-state index contributed by atoms with van der Waals surface area (Å²) < 4.78 is 9.03. The first-order chi connectivity index (χ1) is 30.0. The highest BCUT2D eigenvalue weighted by atomic mass is 16.5. The highest BCUT2D eigenvalue weighted by molar-refractivity contribution is 6.09. The van der Waals surface area contributed by atoms with E-state index in [9.17, 15) is 0 Å². The van der Waals surface area contributed by atoms with Gasteiger partial charge in [0.2, 0.25) is 0 Å². The molecule has 8 aromatic rings. The average molecular weight is 832 g/mol. The Morgan fingerprint density at radius 3 is 1.92 bits per heavy atom. The van der Waals surface area contributed by atoms with Crippen LogP contribution in [0.1, 0.15) is 114 Å². The molecule has 0 fully saturated rings. The van der Waals surface area contributed by atoms with Crippen LogP contribution in [0, 0.1) is 13.8 Å². The summed E-state index contributed by atoms with van der Waals surface area (Å²) >= 11 is 0. The number of pyridine rings is 2. The minimum Gasteiger partial charge on any atom is -0.457 e. The Hall–Kier alpha value is -6.40. The molecule has 6 heteroatoms. The average Bonchev–Trinajstić information content (AvgIpc) is 3.78. The smallest absolute Gasteiger partial charge is 0.158 e. The van der Waals surface area contributed by atoms with Gasteiger partial charge in [-0.3, -0.25) is 4.57 Å². The molecule has 320 valence electrons. The van der Waals surface area contributed by atoms with E-state index in [0.717, 1.165) is 50.9 Å². The lowest BCUT2D eigenvalue weighted by Gasteiger charge is -2.30. The Morgan fingerprint density at radius 2 is 1.24 bits per heavy atom. The summed E-state index contributed by atoms with van der Waals surface area (Å²) in [5.41, 5.74) is 16.2. The van der Waals surface area contributed by atoms with E-state index in [4.69, 9.17) is 14.7 Å². The molecule has 9 rings (SSSR count). The zero-order chi connectivity index (χ0) is 44.5. The van der Waals surface area contributed by atoms with Crippen molar-refractivity contribution in [3.63, 3.8) is 0 Å². The fraction of sp³-hybridized carbons (Fsp3) is 0.298. The van der Waals surface area contributed by atoms with Crippen molar-refractivity contribution in [1.29, 1.82) is 0 Å². The van der Waals surface area contributed by atoms with Crippen molar-refractivity contribution in [3.05, 3.63) is 161 Å². The van der Waals surface area contributed by atoms with E-state index in [1.807, 2.05) is 24.5 Å².